The minimum Gasteiger partial charge on any atom is -0.489 e. The van der Waals surface area contributed by atoms with Gasteiger partial charge >= 0.3 is 0 Å². The quantitative estimate of drug-likeness (QED) is 0.658. The lowest BCUT2D eigenvalue weighted by atomic mass is 9.99. The van der Waals surface area contributed by atoms with Gasteiger partial charge in [0.05, 0.1) is 5.56 Å². The van der Waals surface area contributed by atoms with Crippen LogP contribution in [-0.4, -0.2) is 11.9 Å². The fourth-order valence-corrected chi connectivity index (χ4v) is 1.98. The first-order valence-corrected chi connectivity index (χ1v) is 4.95. The number of hydrogen-bond donors (Lipinski definition) is 0. The third-order valence-electron chi connectivity index (χ3n) is 2.33. The number of fused-ring (bicyclic) bond motifs is 1. The third kappa shape index (κ3) is 1.50. The van der Waals surface area contributed by atoms with Gasteiger partial charge in [-0.25, -0.2) is 0 Å². The Morgan fingerprint density at radius 3 is 2.93 bits per heavy atom. The summed E-state index contributed by atoms with van der Waals surface area (Å²) in [6.45, 7) is 3.80. The number of carbonyl (C=O) groups is 1. The van der Waals surface area contributed by atoms with Crippen molar-refractivity contribution in [1.82, 2.24) is 0 Å². The second kappa shape index (κ2) is 3.28. The average molecular weight is 211 g/mol. The summed E-state index contributed by atoms with van der Waals surface area (Å²) in [5.41, 5.74) is 1.54. The van der Waals surface area contributed by atoms with Crippen LogP contribution < -0.4 is 4.74 Å². The Morgan fingerprint density at radius 1 is 1.50 bits per heavy atom. The minimum absolute atomic E-state index is 0.0325. The summed E-state index contributed by atoms with van der Waals surface area (Å²) < 4.78 is 5.61. The van der Waals surface area contributed by atoms with Gasteiger partial charge in [0.2, 0.25) is 0 Å². The van der Waals surface area contributed by atoms with E-state index in [4.69, 9.17) is 16.3 Å². The monoisotopic (exact) mass is 210 g/mol. The van der Waals surface area contributed by atoms with Crippen LogP contribution in [0, 0.1) is 6.92 Å². The predicted octanol–water partition coefficient (Wildman–Crippen LogP) is 3.00. The number of benzene rings is 1. The first-order chi connectivity index (χ1) is 6.58. The van der Waals surface area contributed by atoms with Crippen molar-refractivity contribution >= 4 is 17.4 Å². The summed E-state index contributed by atoms with van der Waals surface area (Å²) in [7, 11) is 0. The number of ketones is 1. The number of aryl methyl sites for hydroxylation is 1. The first kappa shape index (κ1) is 9.53. The maximum absolute atomic E-state index is 11.7. The molecule has 0 fully saturated rings. The molecule has 0 radical (unpaired) electrons. The minimum atomic E-state index is -0.0325. The largest absolute Gasteiger partial charge is 0.489 e. The number of halogens is 1. The zero-order valence-corrected chi connectivity index (χ0v) is 8.89. The molecule has 0 saturated carbocycles. The van der Waals surface area contributed by atoms with Crippen molar-refractivity contribution in [2.45, 2.75) is 26.4 Å². The van der Waals surface area contributed by atoms with Gasteiger partial charge in [-0.1, -0.05) is 11.6 Å². The molecule has 0 unspecified atom stereocenters. The highest BCUT2D eigenvalue weighted by molar-refractivity contribution is 6.31. The van der Waals surface area contributed by atoms with Crippen LogP contribution in [0.2, 0.25) is 5.02 Å². The van der Waals surface area contributed by atoms with Crippen LogP contribution in [0.3, 0.4) is 0 Å². The first-order valence-electron chi connectivity index (χ1n) is 4.58. The molecule has 74 valence electrons. The Kier molecular flexibility index (Phi) is 2.23. The van der Waals surface area contributed by atoms with Gasteiger partial charge in [-0.15, -0.1) is 0 Å². The van der Waals surface area contributed by atoms with E-state index in [1.54, 1.807) is 6.07 Å². The Bertz CT molecular complexity index is 399. The molecule has 2 rings (SSSR count). The molecule has 1 heterocycles. The van der Waals surface area contributed by atoms with Gasteiger partial charge in [0.1, 0.15) is 11.9 Å². The van der Waals surface area contributed by atoms with Gasteiger partial charge in [0, 0.05) is 11.4 Å². The molecular formula is C11H11ClO2. The molecule has 1 aliphatic heterocycles. The average Bonchev–Trinajstić information content (AvgIpc) is 2.07. The molecule has 1 aromatic rings. The van der Waals surface area contributed by atoms with Crippen LogP contribution in [0.15, 0.2) is 12.1 Å². The molecule has 0 aromatic heterocycles. The van der Waals surface area contributed by atoms with Gasteiger partial charge in [-0.2, -0.15) is 0 Å². The Balaban J connectivity index is 2.59. The number of Topliss-reactive ketones (excluding diaryl/α,β-unsaturated/α-hetero) is 1. The van der Waals surface area contributed by atoms with Crippen LogP contribution in [0.5, 0.6) is 5.75 Å². The summed E-state index contributed by atoms with van der Waals surface area (Å²) in [6, 6.07) is 3.49. The molecule has 0 saturated heterocycles. The molecule has 1 aliphatic rings. The van der Waals surface area contributed by atoms with E-state index >= 15 is 0 Å². The molecule has 1 atom stereocenters. The van der Waals surface area contributed by atoms with Gasteiger partial charge < -0.3 is 4.74 Å². The topological polar surface area (TPSA) is 26.3 Å². The highest BCUT2D eigenvalue weighted by atomic mass is 35.5. The molecule has 0 bridgehead atoms. The maximum atomic E-state index is 11.7. The van der Waals surface area contributed by atoms with Gasteiger partial charge in [-0.05, 0) is 31.5 Å². The van der Waals surface area contributed by atoms with Crippen molar-refractivity contribution < 1.29 is 9.53 Å². The van der Waals surface area contributed by atoms with Crippen LogP contribution >= 0.6 is 11.6 Å². The SMILES string of the molecule is Cc1cc(Cl)cc2c1O[C@H](C)CC2=O. The molecule has 0 aliphatic carbocycles. The van der Waals surface area contributed by atoms with Crippen LogP contribution in [0.4, 0.5) is 0 Å². The third-order valence-corrected chi connectivity index (χ3v) is 2.55. The van der Waals surface area contributed by atoms with Crippen molar-refractivity contribution in [3.8, 4) is 5.75 Å². The van der Waals surface area contributed by atoms with E-state index in [0.717, 1.165) is 5.56 Å². The van der Waals surface area contributed by atoms with E-state index in [1.165, 1.54) is 0 Å². The highest BCUT2D eigenvalue weighted by Gasteiger charge is 2.25. The van der Waals surface area contributed by atoms with E-state index in [2.05, 4.69) is 0 Å². The number of rotatable bonds is 0. The van der Waals surface area contributed by atoms with Crippen molar-refractivity contribution in [2.24, 2.45) is 0 Å². The predicted molar refractivity (Wildman–Crippen MR) is 55.2 cm³/mol. The van der Waals surface area contributed by atoms with E-state index in [9.17, 15) is 4.79 Å². The zero-order chi connectivity index (χ0) is 10.3. The second-order valence-electron chi connectivity index (χ2n) is 3.66. The van der Waals surface area contributed by atoms with Crippen molar-refractivity contribution in [2.75, 3.05) is 0 Å². The van der Waals surface area contributed by atoms with E-state index in [0.29, 0.717) is 22.8 Å². The standard InChI is InChI=1S/C11H11ClO2/c1-6-3-8(12)5-9-10(13)4-7(2)14-11(6)9/h3,5,7H,4H2,1-2H3/t7-/m1/s1. The van der Waals surface area contributed by atoms with Gasteiger partial charge in [0.15, 0.2) is 5.78 Å². The lowest BCUT2D eigenvalue weighted by Gasteiger charge is -2.23. The normalized spacial score (nSPS) is 20.2. The summed E-state index contributed by atoms with van der Waals surface area (Å²) in [4.78, 5) is 11.7. The summed E-state index contributed by atoms with van der Waals surface area (Å²) in [5, 5.41) is 0.591. The van der Waals surface area contributed by atoms with Crippen molar-refractivity contribution in [3.63, 3.8) is 0 Å². The molecule has 0 amide bonds. The maximum Gasteiger partial charge on any atom is 0.170 e. The Labute approximate surface area is 87.8 Å². The lowest BCUT2D eigenvalue weighted by Crippen LogP contribution is -2.24. The van der Waals surface area contributed by atoms with Crippen LogP contribution in [0.25, 0.3) is 0 Å². The molecular weight excluding hydrogens is 200 g/mol. The van der Waals surface area contributed by atoms with Gasteiger partial charge in [-0.3, -0.25) is 4.79 Å². The molecule has 3 heteroatoms. The lowest BCUT2D eigenvalue weighted by molar-refractivity contribution is 0.0869. The fourth-order valence-electron chi connectivity index (χ4n) is 1.71. The second-order valence-corrected chi connectivity index (χ2v) is 4.09. The number of carbonyl (C=O) groups excluding carboxylic acids is 1. The molecule has 14 heavy (non-hydrogen) atoms. The molecule has 0 spiro atoms. The van der Waals surface area contributed by atoms with Crippen LogP contribution in [-0.2, 0) is 0 Å². The van der Waals surface area contributed by atoms with Gasteiger partial charge in [0.25, 0.3) is 0 Å². The summed E-state index contributed by atoms with van der Waals surface area (Å²) in [6.07, 6.45) is 0.405. The Hall–Kier alpha value is -1.02. The molecule has 1 aromatic carbocycles. The van der Waals surface area contributed by atoms with E-state index in [1.807, 2.05) is 19.9 Å². The molecule has 2 nitrogen and oxygen atoms in total. The molecule has 0 N–H and O–H groups in total. The highest BCUT2D eigenvalue weighted by Crippen LogP contribution is 2.33. The zero-order valence-electron chi connectivity index (χ0n) is 8.13. The van der Waals surface area contributed by atoms with E-state index < -0.39 is 0 Å². The Morgan fingerprint density at radius 2 is 2.21 bits per heavy atom. The fraction of sp³-hybridized carbons (Fsp3) is 0.364. The van der Waals surface area contributed by atoms with E-state index in [-0.39, 0.29) is 11.9 Å². The summed E-state index contributed by atoms with van der Waals surface area (Å²) >= 11 is 5.88. The smallest absolute Gasteiger partial charge is 0.170 e. The summed E-state index contributed by atoms with van der Waals surface area (Å²) in [5.74, 6) is 0.808. The van der Waals surface area contributed by atoms with Crippen molar-refractivity contribution in [1.29, 1.82) is 0 Å². The van der Waals surface area contributed by atoms with Crippen molar-refractivity contribution in [3.05, 3.63) is 28.3 Å². The number of ether oxygens (including phenoxy) is 1. The van der Waals surface area contributed by atoms with Crippen LogP contribution in [0.1, 0.15) is 29.3 Å². The number of hydrogen-bond acceptors (Lipinski definition) is 2.